The fourth-order valence-corrected chi connectivity index (χ4v) is 1.87. The van der Waals surface area contributed by atoms with Crippen molar-refractivity contribution in [2.75, 3.05) is 30.4 Å². The van der Waals surface area contributed by atoms with E-state index in [0.717, 1.165) is 0 Å². The Morgan fingerprint density at radius 3 is 1.83 bits per heavy atom. The predicted molar refractivity (Wildman–Crippen MR) is 90.8 cm³/mol. The van der Waals surface area contributed by atoms with Crippen LogP contribution in [0.3, 0.4) is 0 Å². The summed E-state index contributed by atoms with van der Waals surface area (Å²) < 4.78 is 11.0. The van der Waals surface area contributed by atoms with Crippen LogP contribution in [-0.4, -0.2) is 37.5 Å². The largest absolute Gasteiger partial charge is 0.492 e. The molecule has 1 aromatic rings. The fraction of sp³-hybridized carbons (Fsp3) is 0.438. The minimum Gasteiger partial charge on any atom is -0.492 e. The molecule has 0 unspecified atom stereocenters. The molecule has 3 N–H and O–H groups in total. The molecule has 0 atom stereocenters. The van der Waals surface area contributed by atoms with Gasteiger partial charge in [-0.3, -0.25) is 9.59 Å². The minimum absolute atomic E-state index is 0.0713. The van der Waals surface area contributed by atoms with Crippen molar-refractivity contribution in [3.05, 3.63) is 12.1 Å². The summed E-state index contributed by atoms with van der Waals surface area (Å²) in [5.41, 5.74) is 0.818. The van der Waals surface area contributed by atoms with E-state index in [1.807, 2.05) is 0 Å². The molecule has 0 bridgehead atoms. The van der Waals surface area contributed by atoms with E-state index in [-0.39, 0.29) is 18.2 Å². The number of hydrogen-bond acceptors (Lipinski definition) is 5. The standard InChI is InChI=1S/C16H23N3O5/c1-5-23-14-8-13(19-16(22)17-9-10(3)20)15(24-6-2)7-12(14)18-11(4)21/h7-8H,5-6,9H2,1-4H3,(H,18,21)(H2,17,19,22). The minimum atomic E-state index is -0.541. The highest BCUT2D eigenvalue weighted by Crippen LogP contribution is 2.36. The van der Waals surface area contributed by atoms with Gasteiger partial charge in [0.15, 0.2) is 0 Å². The lowest BCUT2D eigenvalue weighted by atomic mass is 10.2. The highest BCUT2D eigenvalue weighted by Gasteiger charge is 2.15. The zero-order chi connectivity index (χ0) is 18.1. The van der Waals surface area contributed by atoms with E-state index in [0.29, 0.717) is 36.1 Å². The number of hydrogen-bond donors (Lipinski definition) is 3. The molecule has 1 aromatic carbocycles. The monoisotopic (exact) mass is 337 g/mol. The van der Waals surface area contributed by atoms with Crippen LogP contribution >= 0.6 is 0 Å². The molecule has 0 aliphatic rings. The Balaban J connectivity index is 3.11. The molecule has 8 heteroatoms. The van der Waals surface area contributed by atoms with Crippen molar-refractivity contribution in [1.82, 2.24) is 5.32 Å². The molecule has 132 valence electrons. The number of nitrogens with one attached hydrogen (secondary N) is 3. The third-order valence-electron chi connectivity index (χ3n) is 2.74. The molecule has 3 amide bonds. The van der Waals surface area contributed by atoms with Crippen LogP contribution in [0.1, 0.15) is 27.7 Å². The zero-order valence-corrected chi connectivity index (χ0v) is 14.3. The lowest BCUT2D eigenvalue weighted by molar-refractivity contribution is -0.116. The number of ether oxygens (including phenoxy) is 2. The molecule has 0 heterocycles. The van der Waals surface area contributed by atoms with Gasteiger partial charge in [-0.2, -0.15) is 0 Å². The number of ketones is 1. The molecule has 0 fully saturated rings. The normalized spacial score (nSPS) is 9.83. The summed E-state index contributed by atoms with van der Waals surface area (Å²) in [5.74, 6) is 0.366. The first-order valence-electron chi connectivity index (χ1n) is 7.62. The zero-order valence-electron chi connectivity index (χ0n) is 14.3. The van der Waals surface area contributed by atoms with Crippen LogP contribution in [0.25, 0.3) is 0 Å². The van der Waals surface area contributed by atoms with Gasteiger partial charge < -0.3 is 25.4 Å². The number of anilines is 2. The fourth-order valence-electron chi connectivity index (χ4n) is 1.87. The summed E-state index contributed by atoms with van der Waals surface area (Å²) in [6, 6.07) is 2.60. The van der Waals surface area contributed by atoms with Gasteiger partial charge in [-0.25, -0.2) is 4.79 Å². The Morgan fingerprint density at radius 2 is 1.42 bits per heavy atom. The van der Waals surface area contributed by atoms with Crippen LogP contribution in [0, 0.1) is 0 Å². The quantitative estimate of drug-likeness (QED) is 0.674. The first-order chi connectivity index (χ1) is 11.4. The van der Waals surface area contributed by atoms with Crippen molar-refractivity contribution in [1.29, 1.82) is 0 Å². The molecule has 0 aliphatic carbocycles. The van der Waals surface area contributed by atoms with E-state index in [1.54, 1.807) is 26.0 Å². The third-order valence-corrected chi connectivity index (χ3v) is 2.74. The van der Waals surface area contributed by atoms with Gasteiger partial charge in [-0.05, 0) is 20.8 Å². The maximum absolute atomic E-state index is 11.9. The number of urea groups is 1. The lowest BCUT2D eigenvalue weighted by Crippen LogP contribution is -2.32. The van der Waals surface area contributed by atoms with Crippen LogP contribution in [-0.2, 0) is 9.59 Å². The smallest absolute Gasteiger partial charge is 0.319 e. The van der Waals surface area contributed by atoms with Crippen molar-refractivity contribution in [2.24, 2.45) is 0 Å². The average Bonchev–Trinajstić information content (AvgIpc) is 2.49. The van der Waals surface area contributed by atoms with Gasteiger partial charge in [-0.15, -0.1) is 0 Å². The van der Waals surface area contributed by atoms with Gasteiger partial charge in [0.25, 0.3) is 0 Å². The first-order valence-corrected chi connectivity index (χ1v) is 7.62. The van der Waals surface area contributed by atoms with Crippen LogP contribution in [0.5, 0.6) is 11.5 Å². The predicted octanol–water partition coefficient (Wildman–Crippen LogP) is 2.15. The maximum Gasteiger partial charge on any atom is 0.319 e. The van der Waals surface area contributed by atoms with E-state index in [2.05, 4.69) is 16.0 Å². The molecule has 24 heavy (non-hydrogen) atoms. The molecular weight excluding hydrogens is 314 g/mol. The first kappa shape index (κ1) is 19.3. The number of amides is 3. The summed E-state index contributed by atoms with van der Waals surface area (Å²) in [4.78, 5) is 34.1. The van der Waals surface area contributed by atoms with Crippen molar-refractivity contribution in [3.8, 4) is 11.5 Å². The maximum atomic E-state index is 11.9. The van der Waals surface area contributed by atoms with Crippen molar-refractivity contribution < 1.29 is 23.9 Å². The molecule has 8 nitrogen and oxygen atoms in total. The van der Waals surface area contributed by atoms with E-state index >= 15 is 0 Å². The molecule has 1 rings (SSSR count). The average molecular weight is 337 g/mol. The van der Waals surface area contributed by atoms with Crippen LogP contribution in [0.15, 0.2) is 12.1 Å². The second-order valence-corrected chi connectivity index (χ2v) is 4.90. The van der Waals surface area contributed by atoms with Gasteiger partial charge in [0, 0.05) is 19.1 Å². The second kappa shape index (κ2) is 9.39. The molecule has 0 radical (unpaired) electrons. The summed E-state index contributed by atoms with van der Waals surface area (Å²) in [5, 5.41) is 7.70. The molecule has 0 saturated heterocycles. The summed E-state index contributed by atoms with van der Waals surface area (Å²) in [6.45, 7) is 7.05. The van der Waals surface area contributed by atoms with E-state index < -0.39 is 6.03 Å². The summed E-state index contributed by atoms with van der Waals surface area (Å²) in [6.07, 6.45) is 0. The van der Waals surface area contributed by atoms with Crippen LogP contribution in [0.2, 0.25) is 0 Å². The highest BCUT2D eigenvalue weighted by atomic mass is 16.5. The topological polar surface area (TPSA) is 106 Å². The Kier molecular flexibility index (Phi) is 7.54. The van der Waals surface area contributed by atoms with Gasteiger partial charge in [0.2, 0.25) is 5.91 Å². The Morgan fingerprint density at radius 1 is 0.917 bits per heavy atom. The molecule has 0 spiro atoms. The number of carbonyl (C=O) groups excluding carboxylic acids is 3. The Hall–Kier alpha value is -2.77. The molecule has 0 aliphatic heterocycles. The number of rotatable bonds is 8. The van der Waals surface area contributed by atoms with Crippen LogP contribution < -0.4 is 25.4 Å². The number of carbonyl (C=O) groups is 3. The Labute approximate surface area is 140 Å². The summed E-state index contributed by atoms with van der Waals surface area (Å²) in [7, 11) is 0. The van der Waals surface area contributed by atoms with Gasteiger partial charge >= 0.3 is 6.03 Å². The van der Waals surface area contributed by atoms with E-state index in [9.17, 15) is 14.4 Å². The van der Waals surface area contributed by atoms with Gasteiger partial charge in [0.1, 0.15) is 17.3 Å². The van der Waals surface area contributed by atoms with Crippen molar-refractivity contribution >= 4 is 29.1 Å². The Bertz CT molecular complexity index is 616. The summed E-state index contributed by atoms with van der Waals surface area (Å²) >= 11 is 0. The van der Waals surface area contributed by atoms with E-state index in [1.165, 1.54) is 13.8 Å². The highest BCUT2D eigenvalue weighted by molar-refractivity contribution is 5.96. The molecule has 0 aromatic heterocycles. The van der Waals surface area contributed by atoms with Crippen molar-refractivity contribution in [2.45, 2.75) is 27.7 Å². The van der Waals surface area contributed by atoms with E-state index in [4.69, 9.17) is 9.47 Å². The lowest BCUT2D eigenvalue weighted by Gasteiger charge is -2.17. The van der Waals surface area contributed by atoms with Gasteiger partial charge in [0.05, 0.1) is 31.1 Å². The van der Waals surface area contributed by atoms with Crippen LogP contribution in [0.4, 0.5) is 16.2 Å². The third kappa shape index (κ3) is 6.15. The SMILES string of the molecule is CCOc1cc(NC(=O)NCC(C)=O)c(OCC)cc1NC(C)=O. The van der Waals surface area contributed by atoms with Gasteiger partial charge in [-0.1, -0.05) is 0 Å². The number of Topliss-reactive ketones (excluding diaryl/α,β-unsaturated/α-hetero) is 1. The molecular formula is C16H23N3O5. The number of benzene rings is 1. The second-order valence-electron chi connectivity index (χ2n) is 4.90. The van der Waals surface area contributed by atoms with Crippen molar-refractivity contribution in [3.63, 3.8) is 0 Å². The molecule has 0 saturated carbocycles.